The summed E-state index contributed by atoms with van der Waals surface area (Å²) >= 11 is 0. The number of rotatable bonds is 24. The Morgan fingerprint density at radius 2 is 1.35 bits per heavy atom. The highest BCUT2D eigenvalue weighted by Gasteiger charge is 2.43. The van der Waals surface area contributed by atoms with E-state index in [1.54, 1.807) is 27.7 Å². The summed E-state index contributed by atoms with van der Waals surface area (Å²) in [6.45, 7) is 9.64. The Morgan fingerprint density at radius 3 is 1.85 bits per heavy atom. The van der Waals surface area contributed by atoms with Crippen molar-refractivity contribution in [3.05, 3.63) is 0 Å². The van der Waals surface area contributed by atoms with Crippen molar-refractivity contribution >= 4 is 47.4 Å². The summed E-state index contributed by atoms with van der Waals surface area (Å²) in [6, 6.07) is -6.37. The number of carboxylic acids is 1. The number of aliphatic hydroxyl groups excluding tert-OH is 2. The van der Waals surface area contributed by atoms with Gasteiger partial charge >= 0.3 is 11.9 Å². The summed E-state index contributed by atoms with van der Waals surface area (Å²) in [4.78, 5) is 101. The average molecular weight is 746 g/mol. The van der Waals surface area contributed by atoms with Gasteiger partial charge in [-0.2, -0.15) is 0 Å². The molecule has 0 aromatic heterocycles. The largest absolute Gasteiger partial charge is 0.480 e. The third-order valence-corrected chi connectivity index (χ3v) is 8.35. The van der Waals surface area contributed by atoms with Crippen LogP contribution in [0.4, 0.5) is 0 Å². The van der Waals surface area contributed by atoms with Gasteiger partial charge in [0.05, 0.1) is 25.7 Å². The minimum atomic E-state index is -1.87. The number of nitrogens with one attached hydrogen (secondary N) is 6. The molecule has 0 saturated heterocycles. The second-order valence-corrected chi connectivity index (χ2v) is 13.6. The summed E-state index contributed by atoms with van der Waals surface area (Å²) in [5, 5.41) is 44.1. The molecule has 0 spiro atoms. The first-order valence-corrected chi connectivity index (χ1v) is 17.3. The molecule has 298 valence electrons. The van der Waals surface area contributed by atoms with E-state index in [2.05, 4.69) is 36.6 Å². The molecular weight excluding hydrogens is 686 g/mol. The number of hydrogen-bond acceptors (Lipinski definition) is 12. The molecule has 11 N–H and O–H groups in total. The van der Waals surface area contributed by atoms with Crippen molar-refractivity contribution in [2.24, 2.45) is 23.0 Å². The molecule has 0 fully saturated rings. The fourth-order valence-corrected chi connectivity index (χ4v) is 4.76. The molecule has 0 saturated carbocycles. The molecule has 1 unspecified atom stereocenters. The smallest absolute Gasteiger partial charge is 0.326 e. The van der Waals surface area contributed by atoms with Crippen LogP contribution in [0.5, 0.6) is 0 Å². The Hall–Kier alpha value is -4.36. The number of amides is 6. The summed E-state index contributed by atoms with van der Waals surface area (Å²) in [5.41, 5.74) is 3.81. The van der Waals surface area contributed by atoms with E-state index in [1.165, 1.54) is 20.8 Å². The standard InChI is InChI=1S/C33H59N7O12/c1-9-18(4)24(40-30(48)25(43)33(6,7)32(51)52-8)29(47)35-15-23(42)37-22(16-41)28(46)39-21(14-17(2)3)27(45)36-19(5)26(44)38-20(31(49)50)12-10-11-13-34/h17-22,24-25,41,43H,9-16,34H2,1-8H3,(H,35,47)(H,36,45)(H,37,42)(H,38,44)(H,39,46)(H,40,48)(H,49,50)/t18-,19-,20-,21-,22-,24-,25?/m0/s1. The summed E-state index contributed by atoms with van der Waals surface area (Å²) in [6.07, 6.45) is -0.199. The maximum atomic E-state index is 13.1. The Balaban J connectivity index is 5.50. The van der Waals surface area contributed by atoms with Crippen molar-refractivity contribution in [2.75, 3.05) is 26.8 Å². The Kier molecular flexibility index (Phi) is 21.3. The van der Waals surface area contributed by atoms with Crippen LogP contribution in [0.25, 0.3) is 0 Å². The Labute approximate surface area is 304 Å². The number of unbranched alkanes of at least 4 members (excludes halogenated alkanes) is 1. The van der Waals surface area contributed by atoms with Crippen molar-refractivity contribution in [1.29, 1.82) is 0 Å². The second-order valence-electron chi connectivity index (χ2n) is 13.6. The molecule has 0 bridgehead atoms. The Bertz CT molecular complexity index is 1250. The van der Waals surface area contributed by atoms with Crippen molar-refractivity contribution in [2.45, 2.75) is 117 Å². The lowest BCUT2D eigenvalue weighted by atomic mass is 9.85. The van der Waals surface area contributed by atoms with Crippen LogP contribution in [0.3, 0.4) is 0 Å². The van der Waals surface area contributed by atoms with Gasteiger partial charge in [0.25, 0.3) is 5.91 Å². The molecular formula is C33H59N7O12. The van der Waals surface area contributed by atoms with Gasteiger partial charge in [0, 0.05) is 0 Å². The number of methoxy groups -OCH3 is 1. The van der Waals surface area contributed by atoms with E-state index in [0.717, 1.165) is 7.11 Å². The lowest BCUT2D eigenvalue weighted by Crippen LogP contribution is -2.59. The number of ether oxygens (including phenoxy) is 1. The minimum Gasteiger partial charge on any atom is -0.480 e. The summed E-state index contributed by atoms with van der Waals surface area (Å²) in [7, 11) is 1.10. The molecule has 0 radical (unpaired) electrons. The van der Waals surface area contributed by atoms with Crippen LogP contribution >= 0.6 is 0 Å². The highest BCUT2D eigenvalue weighted by Crippen LogP contribution is 2.23. The third kappa shape index (κ3) is 15.9. The first-order chi connectivity index (χ1) is 24.2. The third-order valence-electron chi connectivity index (χ3n) is 8.35. The van der Waals surface area contributed by atoms with Gasteiger partial charge in [-0.15, -0.1) is 0 Å². The highest BCUT2D eigenvalue weighted by molar-refractivity contribution is 5.96. The fourth-order valence-electron chi connectivity index (χ4n) is 4.76. The van der Waals surface area contributed by atoms with Gasteiger partial charge in [0.1, 0.15) is 36.3 Å². The topological polar surface area (TPSA) is 305 Å². The number of aliphatic carboxylic acids is 1. The van der Waals surface area contributed by atoms with Gasteiger partial charge in [0.2, 0.25) is 29.5 Å². The molecule has 0 aliphatic heterocycles. The van der Waals surface area contributed by atoms with E-state index in [1.807, 2.05) is 0 Å². The zero-order chi connectivity index (χ0) is 40.3. The number of esters is 1. The number of nitrogens with two attached hydrogens (primary N) is 1. The number of carbonyl (C=O) groups is 8. The van der Waals surface area contributed by atoms with Crippen LogP contribution in [0.1, 0.15) is 80.6 Å². The number of hydrogen-bond donors (Lipinski definition) is 10. The van der Waals surface area contributed by atoms with Crippen LogP contribution in [-0.2, 0) is 43.1 Å². The molecule has 7 atom stereocenters. The number of aliphatic hydroxyl groups is 2. The van der Waals surface area contributed by atoms with E-state index in [4.69, 9.17) is 5.73 Å². The van der Waals surface area contributed by atoms with Crippen molar-refractivity contribution in [3.8, 4) is 0 Å². The van der Waals surface area contributed by atoms with Gasteiger partial charge in [-0.1, -0.05) is 34.1 Å². The van der Waals surface area contributed by atoms with E-state index >= 15 is 0 Å². The molecule has 0 aliphatic rings. The maximum absolute atomic E-state index is 13.1. The van der Waals surface area contributed by atoms with Gasteiger partial charge in [-0.05, 0) is 64.8 Å². The summed E-state index contributed by atoms with van der Waals surface area (Å²) in [5.74, 6) is -7.92. The number of carbonyl (C=O) groups excluding carboxylic acids is 7. The van der Waals surface area contributed by atoms with Crippen LogP contribution in [0.15, 0.2) is 0 Å². The van der Waals surface area contributed by atoms with E-state index < -0.39 is 108 Å². The monoisotopic (exact) mass is 745 g/mol. The van der Waals surface area contributed by atoms with Gasteiger partial charge < -0.3 is 57.7 Å². The van der Waals surface area contributed by atoms with E-state index in [9.17, 15) is 53.7 Å². The SMILES string of the molecule is CC[C@H](C)[C@H](NC(=O)C(O)C(C)(C)C(=O)OC)C(=O)NCC(=O)N[C@@H](CO)C(=O)N[C@@H](CC(C)C)C(=O)N[C@@H](C)C(=O)N[C@@H](CCCCN)C(=O)O. The second kappa shape index (κ2) is 23.3. The van der Waals surface area contributed by atoms with Crippen LogP contribution < -0.4 is 37.6 Å². The van der Waals surface area contributed by atoms with Crippen molar-refractivity contribution in [1.82, 2.24) is 31.9 Å². The molecule has 52 heavy (non-hydrogen) atoms. The first kappa shape index (κ1) is 47.6. The number of carboxylic acid groups (broad SMARTS) is 1. The van der Waals surface area contributed by atoms with Gasteiger partial charge in [0.15, 0.2) is 0 Å². The zero-order valence-corrected chi connectivity index (χ0v) is 31.4. The molecule has 0 rings (SSSR count). The molecule has 0 aromatic rings. The predicted octanol–water partition coefficient (Wildman–Crippen LogP) is -2.60. The van der Waals surface area contributed by atoms with Crippen LogP contribution in [-0.4, -0.2) is 126 Å². The van der Waals surface area contributed by atoms with Crippen molar-refractivity contribution in [3.63, 3.8) is 0 Å². The maximum Gasteiger partial charge on any atom is 0.326 e. The van der Waals surface area contributed by atoms with E-state index in [0.29, 0.717) is 25.8 Å². The molecule has 0 heterocycles. The molecule has 6 amide bonds. The lowest BCUT2D eigenvalue weighted by molar-refractivity contribution is -0.162. The quantitative estimate of drug-likeness (QED) is 0.0359. The Morgan fingerprint density at radius 1 is 0.769 bits per heavy atom. The molecule has 19 nitrogen and oxygen atoms in total. The first-order valence-electron chi connectivity index (χ1n) is 17.3. The average Bonchev–Trinajstić information content (AvgIpc) is 3.09. The van der Waals surface area contributed by atoms with Crippen LogP contribution in [0.2, 0.25) is 0 Å². The predicted molar refractivity (Wildman–Crippen MR) is 187 cm³/mol. The van der Waals surface area contributed by atoms with Gasteiger partial charge in [-0.25, -0.2) is 4.79 Å². The van der Waals surface area contributed by atoms with Crippen LogP contribution in [0, 0.1) is 17.3 Å². The van der Waals surface area contributed by atoms with Crippen molar-refractivity contribution < 1.29 is 58.4 Å². The molecule has 0 aromatic carbocycles. The minimum absolute atomic E-state index is 0.0964. The van der Waals surface area contributed by atoms with Gasteiger partial charge in [-0.3, -0.25) is 33.6 Å². The molecule has 0 aliphatic carbocycles. The lowest BCUT2D eigenvalue weighted by Gasteiger charge is -2.30. The van der Waals surface area contributed by atoms with E-state index in [-0.39, 0.29) is 18.8 Å². The summed E-state index contributed by atoms with van der Waals surface area (Å²) < 4.78 is 4.63. The normalized spacial score (nSPS) is 15.4. The zero-order valence-electron chi connectivity index (χ0n) is 31.4. The highest BCUT2D eigenvalue weighted by atomic mass is 16.5. The molecule has 19 heteroatoms. The fraction of sp³-hybridized carbons (Fsp3) is 0.758.